The molecule has 12 aromatic rings. The van der Waals surface area contributed by atoms with Crippen LogP contribution in [-0.4, -0.2) is 15.0 Å². The van der Waals surface area contributed by atoms with Gasteiger partial charge in [-0.05, 0) is 80.9 Å². The third-order valence-corrected chi connectivity index (χ3v) is 12.8. The van der Waals surface area contributed by atoms with Gasteiger partial charge in [0.05, 0.1) is 11.0 Å². The van der Waals surface area contributed by atoms with E-state index in [4.69, 9.17) is 23.8 Å². The quantitative estimate of drug-likeness (QED) is 0.167. The van der Waals surface area contributed by atoms with Gasteiger partial charge in [0, 0.05) is 32.7 Å². The maximum atomic E-state index is 6.45. The highest BCUT2D eigenvalue weighted by Gasteiger charge is 2.46. The van der Waals surface area contributed by atoms with Crippen LogP contribution in [0, 0.1) is 0 Å². The molecular weight excluding hydrogens is 771 g/mol. The Labute approximate surface area is 362 Å². The Hall–Kier alpha value is -8.41. The zero-order chi connectivity index (χ0) is 41.5. The van der Waals surface area contributed by atoms with Gasteiger partial charge in [0.2, 0.25) is 0 Å². The van der Waals surface area contributed by atoms with Gasteiger partial charge in [0.25, 0.3) is 0 Å². The molecule has 63 heavy (non-hydrogen) atoms. The number of benzene rings is 9. The minimum absolute atomic E-state index is 0.558. The van der Waals surface area contributed by atoms with E-state index < -0.39 is 5.41 Å². The van der Waals surface area contributed by atoms with Crippen LogP contribution in [0.15, 0.2) is 221 Å². The lowest BCUT2D eigenvalue weighted by molar-refractivity contribution is 0.668. The van der Waals surface area contributed by atoms with Crippen LogP contribution in [-0.2, 0) is 5.41 Å². The highest BCUT2D eigenvalue weighted by Crippen LogP contribution is 2.56. The summed E-state index contributed by atoms with van der Waals surface area (Å²) in [5.41, 5.74) is 15.0. The van der Waals surface area contributed by atoms with E-state index in [1.165, 1.54) is 33.4 Å². The van der Waals surface area contributed by atoms with E-state index in [2.05, 4.69) is 140 Å². The van der Waals surface area contributed by atoms with E-state index in [1.807, 2.05) is 72.8 Å². The van der Waals surface area contributed by atoms with E-state index in [-0.39, 0.29) is 0 Å². The fourth-order valence-corrected chi connectivity index (χ4v) is 10.00. The molecule has 5 heteroatoms. The van der Waals surface area contributed by atoms with Gasteiger partial charge in [-0.3, -0.25) is 0 Å². The average Bonchev–Trinajstić information content (AvgIpc) is 4.03. The summed E-state index contributed by atoms with van der Waals surface area (Å²) in [5, 5.41) is 4.32. The molecule has 0 aliphatic heterocycles. The van der Waals surface area contributed by atoms with Gasteiger partial charge in [0.15, 0.2) is 17.5 Å². The summed E-state index contributed by atoms with van der Waals surface area (Å²) in [6.45, 7) is 0. The lowest BCUT2D eigenvalue weighted by Crippen LogP contribution is -2.28. The molecule has 0 unspecified atom stereocenters. The number of para-hydroxylation sites is 3. The molecule has 0 fully saturated rings. The first-order chi connectivity index (χ1) is 31.2. The molecule has 3 heterocycles. The summed E-state index contributed by atoms with van der Waals surface area (Å²) in [5.74, 6) is 1.75. The normalized spacial score (nSPS) is 12.9. The number of hydrogen-bond acceptors (Lipinski definition) is 5. The van der Waals surface area contributed by atoms with Crippen LogP contribution in [0.4, 0.5) is 0 Å². The Bertz CT molecular complexity index is 3710. The first-order valence-corrected chi connectivity index (χ1v) is 21.3. The predicted molar refractivity (Wildman–Crippen MR) is 253 cm³/mol. The van der Waals surface area contributed by atoms with Gasteiger partial charge in [0.1, 0.15) is 22.3 Å². The smallest absolute Gasteiger partial charge is 0.167 e. The Morgan fingerprint density at radius 2 is 0.825 bits per heavy atom. The van der Waals surface area contributed by atoms with Gasteiger partial charge in [-0.25, -0.2) is 15.0 Å². The number of furan rings is 2. The lowest BCUT2D eigenvalue weighted by atomic mass is 9.67. The van der Waals surface area contributed by atoms with Crippen LogP contribution in [0.3, 0.4) is 0 Å². The molecule has 0 spiro atoms. The van der Waals surface area contributed by atoms with Crippen molar-refractivity contribution in [1.82, 2.24) is 15.0 Å². The molecule has 0 saturated carbocycles. The number of rotatable bonds is 6. The largest absolute Gasteiger partial charge is 0.456 e. The second kappa shape index (κ2) is 13.8. The van der Waals surface area contributed by atoms with Crippen molar-refractivity contribution < 1.29 is 8.83 Å². The molecule has 13 rings (SSSR count). The first-order valence-electron chi connectivity index (χ1n) is 21.3. The molecule has 0 N–H and O–H groups in total. The molecule has 9 aromatic carbocycles. The highest BCUT2D eigenvalue weighted by molar-refractivity contribution is 6.09. The maximum Gasteiger partial charge on any atom is 0.167 e. The molecule has 0 bridgehead atoms. The standard InChI is InChI=1S/C58H35N3O2/c1-2-14-37(15-3-1)55-59-56(61-57(60-55)47-23-13-22-46-44-20-6-11-27-52(44)63-54(46)47)39-17-12-16-38(34-39)36-28-30-40(31-29-36)58(49-24-8-4-18-42(49)43-19-5-9-25-50(43)58)41-32-33-53-48(35-41)45-21-7-10-26-51(45)62-53/h1-35H. The van der Waals surface area contributed by atoms with Crippen LogP contribution >= 0.6 is 0 Å². The molecule has 294 valence electrons. The molecule has 1 aliphatic carbocycles. The van der Waals surface area contributed by atoms with E-state index in [0.717, 1.165) is 71.7 Å². The van der Waals surface area contributed by atoms with Gasteiger partial charge in [-0.1, -0.05) is 176 Å². The van der Waals surface area contributed by atoms with Crippen LogP contribution in [0.25, 0.3) is 100 Å². The fraction of sp³-hybridized carbons (Fsp3) is 0.0172. The molecule has 0 atom stereocenters. The highest BCUT2D eigenvalue weighted by atomic mass is 16.3. The number of hydrogen-bond donors (Lipinski definition) is 0. The van der Waals surface area contributed by atoms with Gasteiger partial charge in [-0.2, -0.15) is 0 Å². The van der Waals surface area contributed by atoms with Crippen molar-refractivity contribution >= 4 is 43.9 Å². The predicted octanol–water partition coefficient (Wildman–Crippen LogP) is 14.7. The zero-order valence-electron chi connectivity index (χ0n) is 33.9. The van der Waals surface area contributed by atoms with Crippen molar-refractivity contribution in [3.63, 3.8) is 0 Å². The Morgan fingerprint density at radius 3 is 1.59 bits per heavy atom. The average molecular weight is 806 g/mol. The summed E-state index contributed by atoms with van der Waals surface area (Å²) >= 11 is 0. The van der Waals surface area contributed by atoms with Crippen LogP contribution < -0.4 is 0 Å². The summed E-state index contributed by atoms with van der Waals surface area (Å²) in [7, 11) is 0. The molecule has 5 nitrogen and oxygen atoms in total. The Morgan fingerprint density at radius 1 is 0.302 bits per heavy atom. The lowest BCUT2D eigenvalue weighted by Gasteiger charge is -2.34. The summed E-state index contributed by atoms with van der Waals surface area (Å²) in [6, 6.07) is 74.7. The summed E-state index contributed by atoms with van der Waals surface area (Å²) in [4.78, 5) is 15.3. The molecular formula is C58H35N3O2. The van der Waals surface area contributed by atoms with Gasteiger partial charge >= 0.3 is 0 Å². The third-order valence-electron chi connectivity index (χ3n) is 12.8. The maximum absolute atomic E-state index is 6.45. The van der Waals surface area contributed by atoms with Crippen molar-refractivity contribution in [1.29, 1.82) is 0 Å². The van der Waals surface area contributed by atoms with Crippen LogP contribution in [0.2, 0.25) is 0 Å². The van der Waals surface area contributed by atoms with Crippen molar-refractivity contribution in [2.45, 2.75) is 5.41 Å². The van der Waals surface area contributed by atoms with Gasteiger partial charge < -0.3 is 8.83 Å². The number of fused-ring (bicyclic) bond motifs is 9. The summed E-state index contributed by atoms with van der Waals surface area (Å²) in [6.07, 6.45) is 0. The van der Waals surface area contributed by atoms with Crippen molar-refractivity contribution in [2.24, 2.45) is 0 Å². The van der Waals surface area contributed by atoms with E-state index >= 15 is 0 Å². The molecule has 1 aliphatic rings. The molecule has 3 aromatic heterocycles. The number of aromatic nitrogens is 3. The Balaban J connectivity index is 0.949. The molecule has 0 saturated heterocycles. The van der Waals surface area contributed by atoms with Crippen molar-refractivity contribution in [3.05, 3.63) is 235 Å². The van der Waals surface area contributed by atoms with Crippen LogP contribution in [0.5, 0.6) is 0 Å². The SMILES string of the molecule is c1ccc(-c2nc(-c3cccc(-c4ccc(C5(c6ccc7oc8ccccc8c7c6)c6ccccc6-c6ccccc65)cc4)c3)nc(-c3cccc4c3oc3ccccc34)n2)cc1. The van der Waals surface area contributed by atoms with Crippen molar-refractivity contribution in [2.75, 3.05) is 0 Å². The summed E-state index contributed by atoms with van der Waals surface area (Å²) < 4.78 is 12.8. The zero-order valence-corrected chi connectivity index (χ0v) is 33.9. The second-order valence-corrected chi connectivity index (χ2v) is 16.3. The third kappa shape index (κ3) is 5.40. The van der Waals surface area contributed by atoms with Crippen molar-refractivity contribution in [3.8, 4) is 56.4 Å². The first kappa shape index (κ1) is 35.4. The molecule has 0 amide bonds. The second-order valence-electron chi connectivity index (χ2n) is 16.3. The van der Waals surface area contributed by atoms with E-state index in [1.54, 1.807) is 0 Å². The number of nitrogens with zero attached hydrogens (tertiary/aromatic N) is 3. The monoisotopic (exact) mass is 805 g/mol. The minimum Gasteiger partial charge on any atom is -0.456 e. The van der Waals surface area contributed by atoms with Crippen LogP contribution in [0.1, 0.15) is 22.3 Å². The Kier molecular flexibility index (Phi) is 7.75. The van der Waals surface area contributed by atoms with E-state index in [9.17, 15) is 0 Å². The minimum atomic E-state index is -0.558. The van der Waals surface area contributed by atoms with E-state index in [0.29, 0.717) is 17.5 Å². The van der Waals surface area contributed by atoms with Gasteiger partial charge in [-0.15, -0.1) is 0 Å². The fourth-order valence-electron chi connectivity index (χ4n) is 10.00. The molecule has 0 radical (unpaired) electrons. The topological polar surface area (TPSA) is 65.0 Å².